The van der Waals surface area contributed by atoms with E-state index in [1.54, 1.807) is 0 Å². The highest BCUT2D eigenvalue weighted by Crippen LogP contribution is 2.17. The number of rotatable bonds is 2. The number of halogens is 2. The van der Waals surface area contributed by atoms with Gasteiger partial charge in [0, 0.05) is 19.2 Å². The van der Waals surface area contributed by atoms with Gasteiger partial charge in [-0.2, -0.15) is 0 Å². The maximum Gasteiger partial charge on any atom is 0.114 e. The van der Waals surface area contributed by atoms with Crippen LogP contribution >= 0.6 is 24.8 Å². The van der Waals surface area contributed by atoms with E-state index in [0.29, 0.717) is 0 Å². The lowest BCUT2D eigenvalue weighted by Crippen LogP contribution is -1.99. The Balaban J connectivity index is 0.000001000. The molecule has 0 spiro atoms. The monoisotopic (exact) mass is 309 g/mol. The molecule has 0 amide bonds. The minimum absolute atomic E-state index is 0. The molecule has 0 fully saturated rings. The van der Waals surface area contributed by atoms with Crippen molar-refractivity contribution in [2.24, 2.45) is 7.05 Å². The molecule has 20 heavy (non-hydrogen) atoms. The standard InChI is InChI=1S/C15H15N3.2ClH/c1-18-14-5-3-2-4-13(14)17-15(18)10-11-6-8-12(16)9-7-11;;/h2-9H,10,16H2,1H3;2*1H. The number of benzene rings is 2. The number of nitrogens with zero attached hydrogens (tertiary/aromatic N) is 2. The lowest BCUT2D eigenvalue weighted by Gasteiger charge is -2.03. The Hall–Kier alpha value is -1.71. The summed E-state index contributed by atoms with van der Waals surface area (Å²) in [7, 11) is 2.06. The minimum Gasteiger partial charge on any atom is -0.399 e. The number of para-hydroxylation sites is 2. The average molecular weight is 310 g/mol. The third-order valence-corrected chi connectivity index (χ3v) is 3.22. The predicted molar refractivity (Wildman–Crippen MR) is 88.9 cm³/mol. The molecule has 0 unspecified atom stereocenters. The predicted octanol–water partition coefficient (Wildman–Crippen LogP) is 3.59. The first-order chi connectivity index (χ1) is 8.74. The van der Waals surface area contributed by atoms with E-state index in [0.717, 1.165) is 23.4 Å². The van der Waals surface area contributed by atoms with Crippen molar-refractivity contribution in [3.8, 4) is 0 Å². The van der Waals surface area contributed by atoms with Crippen LogP contribution in [-0.4, -0.2) is 9.55 Å². The molecule has 3 nitrogen and oxygen atoms in total. The van der Waals surface area contributed by atoms with Gasteiger partial charge in [-0.25, -0.2) is 4.98 Å². The van der Waals surface area contributed by atoms with Crippen LogP contribution in [0, 0.1) is 0 Å². The summed E-state index contributed by atoms with van der Waals surface area (Å²) in [4.78, 5) is 4.66. The van der Waals surface area contributed by atoms with Crippen LogP contribution in [0.3, 0.4) is 0 Å². The number of anilines is 1. The number of aryl methyl sites for hydroxylation is 1. The summed E-state index contributed by atoms with van der Waals surface area (Å²) in [5.41, 5.74) is 9.93. The fraction of sp³-hybridized carbons (Fsp3) is 0.133. The summed E-state index contributed by atoms with van der Waals surface area (Å²) in [6.07, 6.45) is 0.825. The van der Waals surface area contributed by atoms with E-state index in [4.69, 9.17) is 5.73 Å². The number of hydrogen-bond acceptors (Lipinski definition) is 2. The Kier molecular flexibility index (Phi) is 5.43. The van der Waals surface area contributed by atoms with Gasteiger partial charge in [0.2, 0.25) is 0 Å². The van der Waals surface area contributed by atoms with Crippen LogP contribution in [-0.2, 0) is 13.5 Å². The SMILES string of the molecule is Cl.Cl.Cn1c(Cc2ccc(N)cc2)nc2ccccc21. The molecule has 1 heterocycles. The number of nitrogen functional groups attached to an aromatic ring is 1. The highest BCUT2D eigenvalue weighted by molar-refractivity contribution is 5.85. The first-order valence-corrected chi connectivity index (χ1v) is 5.99. The van der Waals surface area contributed by atoms with Gasteiger partial charge in [-0.1, -0.05) is 24.3 Å². The molecule has 0 aliphatic carbocycles. The molecule has 0 radical (unpaired) electrons. The van der Waals surface area contributed by atoms with Crippen LogP contribution < -0.4 is 5.73 Å². The Bertz CT molecular complexity index is 690. The molecule has 3 aromatic rings. The van der Waals surface area contributed by atoms with Crippen LogP contribution in [0.25, 0.3) is 11.0 Å². The third-order valence-electron chi connectivity index (χ3n) is 3.22. The van der Waals surface area contributed by atoms with E-state index in [1.165, 1.54) is 11.1 Å². The zero-order valence-corrected chi connectivity index (χ0v) is 12.7. The molecule has 3 rings (SSSR count). The van der Waals surface area contributed by atoms with E-state index in [-0.39, 0.29) is 24.8 Å². The summed E-state index contributed by atoms with van der Waals surface area (Å²) in [6, 6.07) is 16.1. The second-order valence-electron chi connectivity index (χ2n) is 4.49. The number of fused-ring (bicyclic) bond motifs is 1. The van der Waals surface area contributed by atoms with Crippen LogP contribution in [0.5, 0.6) is 0 Å². The second kappa shape index (κ2) is 6.64. The smallest absolute Gasteiger partial charge is 0.114 e. The number of imidazole rings is 1. The molecule has 2 aromatic carbocycles. The molecule has 0 saturated carbocycles. The van der Waals surface area contributed by atoms with E-state index < -0.39 is 0 Å². The molecule has 2 N–H and O–H groups in total. The van der Waals surface area contributed by atoms with Crippen molar-refractivity contribution >= 4 is 41.5 Å². The van der Waals surface area contributed by atoms with Gasteiger partial charge in [-0.15, -0.1) is 24.8 Å². The van der Waals surface area contributed by atoms with Crippen molar-refractivity contribution in [3.63, 3.8) is 0 Å². The zero-order chi connectivity index (χ0) is 12.5. The van der Waals surface area contributed by atoms with Gasteiger partial charge in [0.25, 0.3) is 0 Å². The molecule has 0 aliphatic rings. The first-order valence-electron chi connectivity index (χ1n) is 5.99. The van der Waals surface area contributed by atoms with Gasteiger partial charge < -0.3 is 10.3 Å². The van der Waals surface area contributed by atoms with Gasteiger partial charge in [-0.3, -0.25) is 0 Å². The van der Waals surface area contributed by atoms with Gasteiger partial charge in [0.1, 0.15) is 5.82 Å². The maximum absolute atomic E-state index is 5.69. The average Bonchev–Trinajstić information content (AvgIpc) is 2.70. The molecule has 0 atom stereocenters. The molecule has 0 saturated heterocycles. The van der Waals surface area contributed by atoms with E-state index in [1.807, 2.05) is 30.3 Å². The fourth-order valence-electron chi connectivity index (χ4n) is 2.17. The highest BCUT2D eigenvalue weighted by Gasteiger charge is 2.07. The van der Waals surface area contributed by atoms with E-state index >= 15 is 0 Å². The largest absolute Gasteiger partial charge is 0.399 e. The lowest BCUT2D eigenvalue weighted by atomic mass is 10.1. The summed E-state index contributed by atoms with van der Waals surface area (Å²) in [5, 5.41) is 0. The topological polar surface area (TPSA) is 43.8 Å². The summed E-state index contributed by atoms with van der Waals surface area (Å²) in [6.45, 7) is 0. The van der Waals surface area contributed by atoms with Crippen LogP contribution in [0.1, 0.15) is 11.4 Å². The second-order valence-corrected chi connectivity index (χ2v) is 4.49. The number of hydrogen-bond donors (Lipinski definition) is 1. The number of aromatic nitrogens is 2. The molecule has 0 bridgehead atoms. The van der Waals surface area contributed by atoms with Crippen LogP contribution in [0.4, 0.5) is 5.69 Å². The van der Waals surface area contributed by atoms with Crippen LogP contribution in [0.2, 0.25) is 0 Å². The third kappa shape index (κ3) is 3.06. The van der Waals surface area contributed by atoms with Crippen molar-refractivity contribution in [1.29, 1.82) is 0 Å². The first kappa shape index (κ1) is 16.3. The van der Waals surface area contributed by atoms with Crippen molar-refractivity contribution in [2.45, 2.75) is 6.42 Å². The van der Waals surface area contributed by atoms with Crippen LogP contribution in [0.15, 0.2) is 48.5 Å². The van der Waals surface area contributed by atoms with Crippen molar-refractivity contribution < 1.29 is 0 Å². The normalized spacial score (nSPS) is 9.85. The Morgan fingerprint density at radius 3 is 2.30 bits per heavy atom. The fourth-order valence-corrected chi connectivity index (χ4v) is 2.17. The Morgan fingerprint density at radius 1 is 1.00 bits per heavy atom. The summed E-state index contributed by atoms with van der Waals surface area (Å²) < 4.78 is 2.14. The van der Waals surface area contributed by atoms with E-state index in [2.05, 4.69) is 34.8 Å². The molecule has 1 aromatic heterocycles. The molecule has 106 valence electrons. The quantitative estimate of drug-likeness (QED) is 0.735. The van der Waals surface area contributed by atoms with Crippen molar-refractivity contribution in [3.05, 3.63) is 59.9 Å². The zero-order valence-electron chi connectivity index (χ0n) is 11.1. The highest BCUT2D eigenvalue weighted by atomic mass is 35.5. The van der Waals surface area contributed by atoms with E-state index in [9.17, 15) is 0 Å². The Morgan fingerprint density at radius 2 is 1.65 bits per heavy atom. The van der Waals surface area contributed by atoms with Crippen molar-refractivity contribution in [1.82, 2.24) is 9.55 Å². The Labute approximate surface area is 130 Å². The molecule has 5 heteroatoms. The molecular formula is C15H17Cl2N3. The van der Waals surface area contributed by atoms with Gasteiger partial charge in [0.05, 0.1) is 11.0 Å². The summed E-state index contributed by atoms with van der Waals surface area (Å²) >= 11 is 0. The van der Waals surface area contributed by atoms with Gasteiger partial charge >= 0.3 is 0 Å². The van der Waals surface area contributed by atoms with Gasteiger partial charge in [0.15, 0.2) is 0 Å². The molecule has 0 aliphatic heterocycles. The number of nitrogens with two attached hydrogens (primary N) is 1. The van der Waals surface area contributed by atoms with Crippen molar-refractivity contribution in [2.75, 3.05) is 5.73 Å². The lowest BCUT2D eigenvalue weighted by molar-refractivity contribution is 0.845. The van der Waals surface area contributed by atoms with Gasteiger partial charge in [-0.05, 0) is 29.8 Å². The minimum atomic E-state index is 0. The molecular weight excluding hydrogens is 293 g/mol. The maximum atomic E-state index is 5.69. The summed E-state index contributed by atoms with van der Waals surface area (Å²) in [5.74, 6) is 1.07.